The first-order chi connectivity index (χ1) is 15.5. The van der Waals surface area contributed by atoms with Gasteiger partial charge in [0.05, 0.1) is 23.3 Å². The summed E-state index contributed by atoms with van der Waals surface area (Å²) >= 11 is 0. The van der Waals surface area contributed by atoms with Gasteiger partial charge in [-0.05, 0) is 55.8 Å². The number of nitrogen functional groups attached to an aromatic ring is 1. The number of fused-ring (bicyclic) bond motifs is 2. The number of allylic oxidation sites excluding steroid dienone is 1. The van der Waals surface area contributed by atoms with Gasteiger partial charge >= 0.3 is 0 Å². The summed E-state index contributed by atoms with van der Waals surface area (Å²) < 4.78 is 1.67. The van der Waals surface area contributed by atoms with E-state index in [2.05, 4.69) is 78.8 Å². The quantitative estimate of drug-likeness (QED) is 0.285. The molecule has 0 atom stereocenters. The van der Waals surface area contributed by atoms with Gasteiger partial charge in [0.25, 0.3) is 0 Å². The summed E-state index contributed by atoms with van der Waals surface area (Å²) in [7, 11) is 0. The summed E-state index contributed by atoms with van der Waals surface area (Å²) in [5, 5.41) is 2.18. The van der Waals surface area contributed by atoms with Crippen LogP contribution in [0.15, 0.2) is 67.4 Å². The van der Waals surface area contributed by atoms with E-state index in [4.69, 9.17) is 10.8 Å². The minimum Gasteiger partial charge on any atom is -0.339 e. The van der Waals surface area contributed by atoms with Crippen molar-refractivity contribution in [1.29, 1.82) is 0 Å². The third-order valence-corrected chi connectivity index (χ3v) is 5.96. The van der Waals surface area contributed by atoms with Gasteiger partial charge < -0.3 is 5.84 Å². The Morgan fingerprint density at radius 1 is 1.09 bits per heavy atom. The van der Waals surface area contributed by atoms with Gasteiger partial charge in [-0.1, -0.05) is 47.8 Å². The molecule has 0 aliphatic carbocycles. The fraction of sp³-hybridized carbons (Fsp3) is 0.179. The van der Waals surface area contributed by atoms with Gasteiger partial charge in [0.2, 0.25) is 0 Å². The fourth-order valence-corrected chi connectivity index (χ4v) is 4.27. The SMILES string of the molecule is C=C(C)c1cc(-c2cn(N)c3ccc(C)cc23)nc2ccc(C#CCN3CC=CC3)cc12. The summed E-state index contributed by atoms with van der Waals surface area (Å²) in [5.74, 6) is 12.8. The molecule has 5 rings (SSSR count). The maximum Gasteiger partial charge on any atom is 0.0738 e. The molecule has 4 aromatic rings. The number of pyridine rings is 1. The van der Waals surface area contributed by atoms with Crippen LogP contribution in [0.4, 0.5) is 0 Å². The molecular weight excluding hydrogens is 392 g/mol. The van der Waals surface area contributed by atoms with Crippen molar-refractivity contribution in [1.82, 2.24) is 14.6 Å². The Kier molecular flexibility index (Phi) is 5.05. The molecule has 0 fully saturated rings. The molecule has 0 amide bonds. The van der Waals surface area contributed by atoms with E-state index in [9.17, 15) is 0 Å². The molecule has 4 heteroatoms. The van der Waals surface area contributed by atoms with Crippen LogP contribution >= 0.6 is 0 Å². The van der Waals surface area contributed by atoms with Crippen molar-refractivity contribution in [2.75, 3.05) is 25.5 Å². The monoisotopic (exact) mass is 418 g/mol. The Morgan fingerprint density at radius 2 is 1.91 bits per heavy atom. The Hall–Kier alpha value is -3.81. The van der Waals surface area contributed by atoms with Crippen LogP contribution in [0, 0.1) is 18.8 Å². The molecular formula is C28H26N4. The number of nitrogens with zero attached hydrogens (tertiary/aromatic N) is 3. The lowest BCUT2D eigenvalue weighted by Gasteiger charge is -2.10. The summed E-state index contributed by atoms with van der Waals surface area (Å²) in [5.41, 5.74) is 8.12. The molecule has 2 N–H and O–H groups in total. The predicted octanol–water partition coefficient (Wildman–Crippen LogP) is 5.14. The second kappa shape index (κ2) is 8.03. The zero-order valence-corrected chi connectivity index (χ0v) is 18.5. The smallest absolute Gasteiger partial charge is 0.0738 e. The van der Waals surface area contributed by atoms with E-state index < -0.39 is 0 Å². The Bertz CT molecular complexity index is 1450. The van der Waals surface area contributed by atoms with Crippen LogP contribution in [0.1, 0.15) is 23.6 Å². The second-order valence-electron chi connectivity index (χ2n) is 8.51. The Labute approximate surface area is 188 Å². The molecule has 1 aliphatic rings. The van der Waals surface area contributed by atoms with E-state index in [0.29, 0.717) is 0 Å². The van der Waals surface area contributed by atoms with Gasteiger partial charge in [0, 0.05) is 41.2 Å². The fourth-order valence-electron chi connectivity index (χ4n) is 4.27. The van der Waals surface area contributed by atoms with Crippen LogP contribution in [-0.2, 0) is 0 Å². The van der Waals surface area contributed by atoms with Crippen molar-refractivity contribution in [3.63, 3.8) is 0 Å². The number of rotatable bonds is 3. The average Bonchev–Trinajstić information content (AvgIpc) is 3.40. The van der Waals surface area contributed by atoms with Gasteiger partial charge in [-0.15, -0.1) is 0 Å². The van der Waals surface area contributed by atoms with E-state index in [1.54, 1.807) is 4.68 Å². The number of hydrogen-bond donors (Lipinski definition) is 1. The van der Waals surface area contributed by atoms with Crippen molar-refractivity contribution >= 4 is 27.4 Å². The minimum absolute atomic E-state index is 0.776. The number of hydrogen-bond acceptors (Lipinski definition) is 3. The highest BCUT2D eigenvalue weighted by Crippen LogP contribution is 2.33. The summed E-state index contributed by atoms with van der Waals surface area (Å²) in [4.78, 5) is 7.29. The highest BCUT2D eigenvalue weighted by molar-refractivity contribution is 5.99. The van der Waals surface area contributed by atoms with E-state index >= 15 is 0 Å². The molecule has 0 bridgehead atoms. The van der Waals surface area contributed by atoms with Crippen LogP contribution < -0.4 is 5.84 Å². The van der Waals surface area contributed by atoms with Crippen LogP contribution in [-0.4, -0.2) is 34.2 Å². The number of benzene rings is 2. The molecule has 0 spiro atoms. The highest BCUT2D eigenvalue weighted by atomic mass is 15.3. The van der Waals surface area contributed by atoms with Crippen molar-refractivity contribution in [2.24, 2.45) is 0 Å². The van der Waals surface area contributed by atoms with Crippen molar-refractivity contribution in [2.45, 2.75) is 13.8 Å². The van der Waals surface area contributed by atoms with E-state index in [1.165, 1.54) is 5.56 Å². The minimum atomic E-state index is 0.776. The third-order valence-electron chi connectivity index (χ3n) is 5.96. The van der Waals surface area contributed by atoms with Gasteiger partial charge in [-0.3, -0.25) is 9.58 Å². The molecule has 32 heavy (non-hydrogen) atoms. The maximum atomic E-state index is 6.24. The topological polar surface area (TPSA) is 47.1 Å². The Morgan fingerprint density at radius 3 is 2.69 bits per heavy atom. The molecule has 0 saturated heterocycles. The molecule has 2 aromatic heterocycles. The number of aryl methyl sites for hydroxylation is 1. The van der Waals surface area contributed by atoms with Crippen LogP contribution in [0.5, 0.6) is 0 Å². The third kappa shape index (κ3) is 3.68. The molecule has 4 nitrogen and oxygen atoms in total. The largest absolute Gasteiger partial charge is 0.339 e. The summed E-state index contributed by atoms with van der Waals surface area (Å²) in [6, 6.07) is 14.6. The normalized spacial score (nSPS) is 13.6. The maximum absolute atomic E-state index is 6.24. The average molecular weight is 419 g/mol. The molecule has 3 heterocycles. The summed E-state index contributed by atoms with van der Waals surface area (Å²) in [6.45, 7) is 11.1. The first-order valence-electron chi connectivity index (χ1n) is 10.8. The van der Waals surface area contributed by atoms with Crippen molar-refractivity contribution in [3.05, 3.63) is 84.1 Å². The first kappa shape index (κ1) is 20.1. The number of nitrogens with two attached hydrogens (primary N) is 1. The summed E-state index contributed by atoms with van der Waals surface area (Å²) in [6.07, 6.45) is 6.32. The van der Waals surface area contributed by atoms with Gasteiger partial charge in [0.15, 0.2) is 0 Å². The second-order valence-corrected chi connectivity index (χ2v) is 8.51. The van der Waals surface area contributed by atoms with E-state index in [1.807, 2.05) is 19.2 Å². The standard InChI is InChI=1S/C28H26N4/c1-19(2)22-17-27(25-18-32(29)28-11-8-20(3)15-24(25)28)30-26-10-9-21(16-23(22)26)7-6-14-31-12-4-5-13-31/h4-5,8-11,15-18H,1,12-14,29H2,2-3H3. The Balaban J connectivity index is 1.59. The van der Waals surface area contributed by atoms with Crippen molar-refractivity contribution in [3.8, 4) is 23.1 Å². The molecule has 2 aromatic carbocycles. The zero-order valence-electron chi connectivity index (χ0n) is 18.5. The van der Waals surface area contributed by atoms with Gasteiger partial charge in [0.1, 0.15) is 0 Å². The highest BCUT2D eigenvalue weighted by Gasteiger charge is 2.14. The molecule has 0 radical (unpaired) electrons. The van der Waals surface area contributed by atoms with Gasteiger partial charge in [-0.2, -0.15) is 0 Å². The molecule has 158 valence electrons. The van der Waals surface area contributed by atoms with E-state index in [-0.39, 0.29) is 0 Å². The first-order valence-corrected chi connectivity index (χ1v) is 10.8. The van der Waals surface area contributed by atoms with Crippen LogP contribution in [0.25, 0.3) is 38.6 Å². The predicted molar refractivity (Wildman–Crippen MR) is 135 cm³/mol. The zero-order chi connectivity index (χ0) is 22.2. The molecule has 0 saturated carbocycles. The van der Waals surface area contributed by atoms with Crippen molar-refractivity contribution < 1.29 is 0 Å². The number of aromatic nitrogens is 2. The lowest BCUT2D eigenvalue weighted by molar-refractivity contribution is 0.399. The molecule has 1 aliphatic heterocycles. The van der Waals surface area contributed by atoms with Crippen LogP contribution in [0.3, 0.4) is 0 Å². The lowest BCUT2D eigenvalue weighted by atomic mass is 9.98. The van der Waals surface area contributed by atoms with E-state index in [0.717, 1.165) is 69.4 Å². The van der Waals surface area contributed by atoms with Gasteiger partial charge in [-0.25, -0.2) is 4.98 Å². The molecule has 0 unspecified atom stereocenters. The lowest BCUT2D eigenvalue weighted by Crippen LogP contribution is -2.19. The van der Waals surface area contributed by atoms with Crippen LogP contribution in [0.2, 0.25) is 0 Å².